The molecule has 0 heterocycles. The van der Waals surface area contributed by atoms with Crippen LogP contribution < -0.4 is 32.7 Å². The number of nitrogens with zero attached hydrogens (tertiary/aromatic N) is 1. The maximum atomic E-state index is 14.2. The lowest BCUT2D eigenvalue weighted by Crippen LogP contribution is -2.55. The van der Waals surface area contributed by atoms with Gasteiger partial charge in [-0.15, -0.1) is 0 Å². The van der Waals surface area contributed by atoms with Gasteiger partial charge in [0.15, 0.2) is 5.96 Å². The van der Waals surface area contributed by atoms with Gasteiger partial charge in [-0.05, 0) is 78.1 Å². The summed E-state index contributed by atoms with van der Waals surface area (Å²) in [7, 11) is 1.51. The van der Waals surface area contributed by atoms with Gasteiger partial charge in [0.25, 0.3) is 0 Å². The number of rotatable bonds is 19. The number of hydrogen-bond donors (Lipinski definition) is 7. The smallest absolute Gasteiger partial charge is 0.243 e. The van der Waals surface area contributed by atoms with E-state index in [-0.39, 0.29) is 54.9 Å². The first-order chi connectivity index (χ1) is 25.5. The number of carbonyl (C=O) groups is 4. The molecule has 0 spiro atoms. The van der Waals surface area contributed by atoms with Crippen LogP contribution in [0.5, 0.6) is 5.75 Å². The number of amides is 4. The topological polar surface area (TPSA) is 201 Å². The van der Waals surface area contributed by atoms with Gasteiger partial charge in [0.1, 0.15) is 17.8 Å². The molecule has 12 heteroatoms. The van der Waals surface area contributed by atoms with Crippen LogP contribution in [0.1, 0.15) is 49.3 Å². The van der Waals surface area contributed by atoms with E-state index in [0.717, 1.165) is 27.5 Å². The predicted molar refractivity (Wildman–Crippen MR) is 208 cm³/mol. The number of nitrogens with two attached hydrogens (primary N) is 2. The molecule has 0 radical (unpaired) electrons. The highest BCUT2D eigenvalue weighted by atomic mass is 16.3. The van der Waals surface area contributed by atoms with E-state index in [1.54, 1.807) is 24.3 Å². The van der Waals surface area contributed by atoms with Crippen LogP contribution in [0.2, 0.25) is 0 Å². The third kappa shape index (κ3) is 13.3. The Morgan fingerprint density at radius 3 is 1.98 bits per heavy atom. The molecule has 0 aliphatic rings. The second-order valence-electron chi connectivity index (χ2n) is 13.3. The van der Waals surface area contributed by atoms with Crippen molar-refractivity contribution >= 4 is 40.4 Å². The number of likely N-dealkylation sites (N-methyl/N-ethyl adjacent to an activating group) is 1. The first-order valence-corrected chi connectivity index (χ1v) is 17.9. The first-order valence-electron chi connectivity index (χ1n) is 17.9. The van der Waals surface area contributed by atoms with Crippen molar-refractivity contribution in [3.05, 3.63) is 114 Å². The number of hydrogen-bond acceptors (Lipinski definition) is 6. The van der Waals surface area contributed by atoms with Crippen LogP contribution in [-0.4, -0.2) is 66.4 Å². The summed E-state index contributed by atoms with van der Waals surface area (Å²) in [6.07, 6.45) is 2.67. The van der Waals surface area contributed by atoms with Gasteiger partial charge >= 0.3 is 0 Å². The van der Waals surface area contributed by atoms with E-state index in [9.17, 15) is 24.3 Å². The summed E-state index contributed by atoms with van der Waals surface area (Å²) in [6, 6.07) is 28.1. The second-order valence-corrected chi connectivity index (χ2v) is 13.3. The lowest BCUT2D eigenvalue weighted by Gasteiger charge is -2.26. The highest BCUT2D eigenvalue weighted by Crippen LogP contribution is 2.21. The minimum Gasteiger partial charge on any atom is -0.508 e. The number of nitrogens with one attached hydrogen (secondary N) is 4. The third-order valence-corrected chi connectivity index (χ3v) is 9.10. The van der Waals surface area contributed by atoms with Crippen LogP contribution in [0.4, 0.5) is 0 Å². The molecule has 0 bridgehead atoms. The fourth-order valence-electron chi connectivity index (χ4n) is 6.38. The van der Waals surface area contributed by atoms with Gasteiger partial charge in [-0.25, -0.2) is 0 Å². The monoisotopic (exact) mass is 721 g/mol. The fraction of sp³-hybridized carbons (Fsp3) is 0.341. The summed E-state index contributed by atoms with van der Waals surface area (Å²) in [5.74, 6) is -1.85. The lowest BCUT2D eigenvalue weighted by atomic mass is 9.90. The average Bonchev–Trinajstić information content (AvgIpc) is 3.14. The molecule has 4 atom stereocenters. The van der Waals surface area contributed by atoms with Crippen molar-refractivity contribution in [3.63, 3.8) is 0 Å². The van der Waals surface area contributed by atoms with Crippen LogP contribution in [0.25, 0.3) is 10.8 Å². The summed E-state index contributed by atoms with van der Waals surface area (Å²) in [5, 5.41) is 23.3. The van der Waals surface area contributed by atoms with Crippen molar-refractivity contribution in [3.8, 4) is 5.75 Å². The minimum absolute atomic E-state index is 0.0749. The molecule has 280 valence electrons. The molecule has 4 amide bonds. The molecule has 0 aliphatic heterocycles. The van der Waals surface area contributed by atoms with Crippen LogP contribution >= 0.6 is 0 Å². The third-order valence-electron chi connectivity index (χ3n) is 9.10. The molecule has 4 rings (SSSR count). The number of aromatic hydroxyl groups is 1. The van der Waals surface area contributed by atoms with Crippen molar-refractivity contribution in [2.45, 2.75) is 70.0 Å². The zero-order valence-corrected chi connectivity index (χ0v) is 30.4. The second kappa shape index (κ2) is 20.2. The van der Waals surface area contributed by atoms with E-state index in [4.69, 9.17) is 11.5 Å². The van der Waals surface area contributed by atoms with E-state index >= 15 is 0 Å². The van der Waals surface area contributed by atoms with E-state index < -0.39 is 23.9 Å². The van der Waals surface area contributed by atoms with Crippen LogP contribution in [0, 0.1) is 5.92 Å². The van der Waals surface area contributed by atoms with Crippen LogP contribution in [0.3, 0.4) is 0 Å². The standard InChI is InChI=1S/C41H51N7O5/c1-27(49)46-34(25-29-15-20-35(50)21-16-29)19-18-33(23-28-9-4-3-5-10-28)38(51)47-36(13-8-22-45-41(42)43)40(53)48-37(39(52)44-2)26-30-14-17-31-11-6-7-12-32(31)24-30/h3-7,9-12,14-17,20-21,24,33-34,36-37,50H,8,13,18-19,22-23,25-26H2,1-2H3,(H,44,52)(H,46,49)(H,47,51)(H,48,53)(H4,42,43,45)/t33-,34-,36+,37+/m1/s1. The number of aliphatic imine (C=N–C) groups is 1. The Kier molecular flexibility index (Phi) is 15.2. The maximum Gasteiger partial charge on any atom is 0.243 e. The van der Waals surface area contributed by atoms with Gasteiger partial charge in [-0.2, -0.15) is 0 Å². The van der Waals surface area contributed by atoms with Crippen molar-refractivity contribution in [2.24, 2.45) is 22.4 Å². The summed E-state index contributed by atoms with van der Waals surface area (Å²) in [6.45, 7) is 1.70. The predicted octanol–water partition coefficient (Wildman–Crippen LogP) is 3.24. The van der Waals surface area contributed by atoms with Gasteiger partial charge in [0.05, 0.1) is 0 Å². The summed E-state index contributed by atoms with van der Waals surface area (Å²) in [5.41, 5.74) is 13.8. The highest BCUT2D eigenvalue weighted by Gasteiger charge is 2.29. The Labute approximate surface area is 310 Å². The summed E-state index contributed by atoms with van der Waals surface area (Å²) >= 11 is 0. The summed E-state index contributed by atoms with van der Waals surface area (Å²) < 4.78 is 0. The van der Waals surface area contributed by atoms with E-state index in [1.165, 1.54) is 14.0 Å². The van der Waals surface area contributed by atoms with Gasteiger partial charge in [-0.3, -0.25) is 24.2 Å². The Bertz CT molecular complexity index is 1840. The van der Waals surface area contributed by atoms with Gasteiger partial charge in [-0.1, -0.05) is 84.9 Å². The Morgan fingerprint density at radius 1 is 0.660 bits per heavy atom. The van der Waals surface area contributed by atoms with Crippen molar-refractivity contribution in [1.82, 2.24) is 21.3 Å². The van der Waals surface area contributed by atoms with E-state index in [0.29, 0.717) is 32.1 Å². The van der Waals surface area contributed by atoms with Gasteiger partial charge < -0.3 is 37.8 Å². The quantitative estimate of drug-likeness (QED) is 0.0438. The Hall–Kier alpha value is -5.91. The molecule has 0 fully saturated rings. The first kappa shape index (κ1) is 39.9. The number of guanidine groups is 1. The molecule has 4 aromatic rings. The SMILES string of the molecule is CNC(=O)[C@H](Cc1ccc2ccccc2c1)NC(=O)[C@H](CCCN=C(N)N)NC(=O)[C@H](CC[C@H](Cc1ccc(O)cc1)NC(C)=O)Cc1ccccc1. The molecular weight excluding hydrogens is 670 g/mol. The molecule has 0 aromatic heterocycles. The molecule has 0 aliphatic carbocycles. The number of fused-ring (bicyclic) bond motifs is 1. The lowest BCUT2D eigenvalue weighted by molar-refractivity contribution is -0.133. The number of benzene rings is 4. The van der Waals surface area contributed by atoms with Crippen molar-refractivity contribution in [2.75, 3.05) is 13.6 Å². The molecule has 0 unspecified atom stereocenters. The summed E-state index contributed by atoms with van der Waals surface area (Å²) in [4.78, 5) is 57.4. The number of carbonyl (C=O) groups excluding carboxylic acids is 4. The van der Waals surface area contributed by atoms with Gasteiger partial charge in [0, 0.05) is 38.9 Å². The highest BCUT2D eigenvalue weighted by molar-refractivity contribution is 5.93. The van der Waals surface area contributed by atoms with Gasteiger partial charge in [0.2, 0.25) is 23.6 Å². The van der Waals surface area contributed by atoms with Crippen molar-refractivity contribution < 1.29 is 24.3 Å². The normalized spacial score (nSPS) is 13.2. The van der Waals surface area contributed by atoms with E-state index in [1.807, 2.05) is 72.8 Å². The van der Waals surface area contributed by atoms with E-state index in [2.05, 4.69) is 26.3 Å². The van der Waals surface area contributed by atoms with Crippen molar-refractivity contribution in [1.29, 1.82) is 0 Å². The number of phenols is 1. The Morgan fingerprint density at radius 2 is 1.30 bits per heavy atom. The van der Waals surface area contributed by atoms with Crippen LogP contribution in [-0.2, 0) is 38.4 Å². The maximum absolute atomic E-state index is 14.2. The average molecular weight is 722 g/mol. The molecule has 12 nitrogen and oxygen atoms in total. The molecule has 0 saturated carbocycles. The fourth-order valence-corrected chi connectivity index (χ4v) is 6.38. The largest absolute Gasteiger partial charge is 0.508 e. The molecule has 9 N–H and O–H groups in total. The zero-order valence-electron chi connectivity index (χ0n) is 30.4. The van der Waals surface area contributed by atoms with Crippen LogP contribution in [0.15, 0.2) is 102 Å². The molecule has 53 heavy (non-hydrogen) atoms. The molecule has 4 aromatic carbocycles. The minimum atomic E-state index is -0.984. The molecular formula is C41H51N7O5. The Balaban J connectivity index is 1.54. The zero-order chi connectivity index (χ0) is 38.2. The number of phenolic OH excluding ortho intramolecular Hbond substituents is 1. The molecule has 0 saturated heterocycles.